The Balaban J connectivity index is 5.98. The lowest BCUT2D eigenvalue weighted by Gasteiger charge is -2.37. The van der Waals surface area contributed by atoms with E-state index in [4.69, 9.17) is 0 Å². The summed E-state index contributed by atoms with van der Waals surface area (Å²) < 4.78 is 168. The quantitative estimate of drug-likeness (QED) is 0.301. The Bertz CT molecular complexity index is 702. The highest BCUT2D eigenvalue weighted by atomic mass is 32.2. The molecule has 0 rings (SSSR count). The molecule has 0 aliphatic heterocycles. The van der Waals surface area contributed by atoms with Crippen molar-refractivity contribution in [1.29, 1.82) is 0 Å². The van der Waals surface area contributed by atoms with Crippen LogP contribution in [0.4, 0.5) is 48.3 Å². The Morgan fingerprint density at radius 3 is 1.71 bits per heavy atom. The number of carbonyl (C=O) groups is 1. The molecule has 166 valence electrons. The minimum atomic E-state index is -7.86. The molecule has 0 heterocycles. The van der Waals surface area contributed by atoms with Crippen LogP contribution in [0.15, 0.2) is 12.7 Å². The van der Waals surface area contributed by atoms with E-state index in [2.05, 4.69) is 11.3 Å². The summed E-state index contributed by atoms with van der Waals surface area (Å²) in [4.78, 5) is 10.7. The first-order valence-electron chi connectivity index (χ1n) is 6.46. The smallest absolute Gasteiger partial charge is 0.460 e. The number of likely N-dealkylation sites (N-methyl/N-ethyl adjacent to an activating group) is 1. The molecule has 0 fully saturated rings. The zero-order valence-corrected chi connectivity index (χ0v) is 14.2. The van der Waals surface area contributed by atoms with Gasteiger partial charge < -0.3 is 4.74 Å². The van der Waals surface area contributed by atoms with Gasteiger partial charge in [-0.15, -0.1) is 0 Å². The van der Waals surface area contributed by atoms with Gasteiger partial charge in [0.15, 0.2) is 0 Å². The summed E-state index contributed by atoms with van der Waals surface area (Å²) in [5.74, 6) is -24.5. The minimum Gasteiger partial charge on any atom is -0.461 e. The van der Waals surface area contributed by atoms with Gasteiger partial charge in [-0.25, -0.2) is 13.2 Å². The van der Waals surface area contributed by atoms with Crippen molar-refractivity contribution in [3.63, 3.8) is 0 Å². The molecule has 0 aromatic rings. The van der Waals surface area contributed by atoms with E-state index in [0.717, 1.165) is 0 Å². The van der Waals surface area contributed by atoms with Gasteiger partial charge in [0, 0.05) is 19.7 Å². The molecule has 0 N–H and O–H groups in total. The standard InChI is InChI=1S/C11H10F11NO4S/c1-3-6(24)27-5-4-23(2)28(25,26)11(21,22)9(16,17)7(12,13)8(14,15)10(18,19)20/h3H,1,4-5H2,2H3. The number of hydrogen-bond donors (Lipinski definition) is 0. The number of halogens is 11. The Morgan fingerprint density at radius 1 is 0.929 bits per heavy atom. The van der Waals surface area contributed by atoms with Crippen LogP contribution < -0.4 is 0 Å². The number of nitrogens with zero attached hydrogens (tertiary/aromatic N) is 1. The molecule has 0 aliphatic carbocycles. The molecule has 0 radical (unpaired) electrons. The van der Waals surface area contributed by atoms with E-state index in [1.54, 1.807) is 0 Å². The predicted octanol–water partition coefficient (Wildman–Crippen LogP) is 3.04. The van der Waals surface area contributed by atoms with Crippen molar-refractivity contribution in [3.05, 3.63) is 12.7 Å². The summed E-state index contributed by atoms with van der Waals surface area (Å²) >= 11 is 0. The molecule has 0 atom stereocenters. The molecule has 0 bridgehead atoms. The van der Waals surface area contributed by atoms with Crippen LogP contribution in [-0.2, 0) is 19.6 Å². The van der Waals surface area contributed by atoms with Crippen LogP contribution in [0.3, 0.4) is 0 Å². The zero-order valence-electron chi connectivity index (χ0n) is 13.3. The molecule has 0 aromatic carbocycles. The lowest BCUT2D eigenvalue weighted by atomic mass is 10.0. The molecule has 0 saturated carbocycles. The molecule has 5 nitrogen and oxygen atoms in total. The van der Waals surface area contributed by atoms with E-state index >= 15 is 0 Å². The van der Waals surface area contributed by atoms with Crippen LogP contribution in [0.2, 0.25) is 0 Å². The third-order valence-corrected chi connectivity index (χ3v) is 4.97. The number of hydrogen-bond acceptors (Lipinski definition) is 4. The maximum absolute atomic E-state index is 13.6. The number of sulfonamides is 1. The van der Waals surface area contributed by atoms with E-state index < -0.39 is 62.6 Å². The normalized spacial score (nSPS) is 14.9. The Morgan fingerprint density at radius 2 is 1.36 bits per heavy atom. The third-order valence-electron chi connectivity index (χ3n) is 3.06. The fraction of sp³-hybridized carbons (Fsp3) is 0.727. The lowest BCUT2D eigenvalue weighted by molar-refractivity contribution is -0.413. The van der Waals surface area contributed by atoms with Gasteiger partial charge in [0.2, 0.25) is 0 Å². The number of ether oxygens (including phenoxy) is 1. The van der Waals surface area contributed by atoms with Crippen molar-refractivity contribution in [2.75, 3.05) is 20.2 Å². The van der Waals surface area contributed by atoms with Crippen LogP contribution >= 0.6 is 0 Å². The zero-order chi connectivity index (χ0) is 23.0. The second-order valence-corrected chi connectivity index (χ2v) is 7.02. The maximum Gasteiger partial charge on any atom is 0.460 e. The highest BCUT2D eigenvalue weighted by molar-refractivity contribution is 7.90. The molecule has 0 aromatic heterocycles. The van der Waals surface area contributed by atoms with Crippen molar-refractivity contribution in [2.24, 2.45) is 0 Å². The second-order valence-electron chi connectivity index (χ2n) is 4.94. The number of esters is 1. The van der Waals surface area contributed by atoms with Gasteiger partial charge >= 0.3 is 35.2 Å². The van der Waals surface area contributed by atoms with Gasteiger partial charge in [0.1, 0.15) is 6.61 Å². The molecule has 28 heavy (non-hydrogen) atoms. The molecular weight excluding hydrogens is 451 g/mol. The highest BCUT2D eigenvalue weighted by Crippen LogP contribution is 2.58. The fourth-order valence-electron chi connectivity index (χ4n) is 1.37. The monoisotopic (exact) mass is 461 g/mol. The van der Waals surface area contributed by atoms with Crippen LogP contribution in [0.1, 0.15) is 0 Å². The second kappa shape index (κ2) is 7.64. The van der Waals surface area contributed by atoms with Crippen LogP contribution in [0.5, 0.6) is 0 Å². The van der Waals surface area contributed by atoms with E-state index in [1.807, 2.05) is 0 Å². The van der Waals surface area contributed by atoms with Gasteiger partial charge in [-0.2, -0.15) is 52.6 Å². The van der Waals surface area contributed by atoms with Crippen molar-refractivity contribution < 1.29 is 66.2 Å². The van der Waals surface area contributed by atoms with Crippen molar-refractivity contribution in [2.45, 2.75) is 29.2 Å². The fourth-order valence-corrected chi connectivity index (χ4v) is 2.53. The average molecular weight is 461 g/mol. The van der Waals surface area contributed by atoms with Gasteiger partial charge in [-0.1, -0.05) is 6.58 Å². The molecule has 17 heteroatoms. The summed E-state index contributed by atoms with van der Waals surface area (Å²) in [6.45, 7) is 0.411. The molecule has 0 amide bonds. The Kier molecular flexibility index (Phi) is 7.19. The average Bonchev–Trinajstić information content (AvgIpc) is 2.52. The summed E-state index contributed by atoms with van der Waals surface area (Å²) in [7, 11) is -6.87. The SMILES string of the molecule is C=CC(=O)OCCN(C)S(=O)(=O)C(F)(F)C(F)(F)C(F)(F)C(F)(F)C(F)(F)F. The lowest BCUT2D eigenvalue weighted by Crippen LogP contribution is -2.69. The molecule has 0 spiro atoms. The van der Waals surface area contributed by atoms with Gasteiger partial charge in [-0.3, -0.25) is 0 Å². The number of alkyl halides is 11. The molecule has 0 aliphatic rings. The third kappa shape index (κ3) is 4.04. The van der Waals surface area contributed by atoms with Gasteiger partial charge in [-0.05, 0) is 0 Å². The minimum absolute atomic E-state index is 0.0705. The van der Waals surface area contributed by atoms with Crippen LogP contribution in [0, 0.1) is 0 Å². The highest BCUT2D eigenvalue weighted by Gasteiger charge is 2.89. The van der Waals surface area contributed by atoms with E-state index in [9.17, 15) is 61.5 Å². The van der Waals surface area contributed by atoms with Crippen LogP contribution in [0.25, 0.3) is 0 Å². The summed E-state index contributed by atoms with van der Waals surface area (Å²) in [6, 6.07) is 0. The largest absolute Gasteiger partial charge is 0.461 e. The van der Waals surface area contributed by atoms with E-state index in [1.165, 1.54) is 0 Å². The van der Waals surface area contributed by atoms with E-state index in [-0.39, 0.29) is 7.05 Å². The van der Waals surface area contributed by atoms with Gasteiger partial charge in [0.05, 0.1) is 0 Å². The van der Waals surface area contributed by atoms with Crippen LogP contribution in [-0.4, -0.2) is 68.1 Å². The topological polar surface area (TPSA) is 63.7 Å². The Labute approximate surface area is 149 Å². The van der Waals surface area contributed by atoms with Crippen molar-refractivity contribution >= 4 is 16.0 Å². The summed E-state index contributed by atoms with van der Waals surface area (Å²) in [6.07, 6.45) is -6.90. The Hall–Kier alpha value is -1.65. The molecular formula is C11H10F11NO4S. The molecule has 0 saturated heterocycles. The maximum atomic E-state index is 13.6. The predicted molar refractivity (Wildman–Crippen MR) is 68.5 cm³/mol. The summed E-state index contributed by atoms with van der Waals surface area (Å²) in [5.41, 5.74) is 0. The number of rotatable bonds is 9. The first-order chi connectivity index (χ1) is 12.1. The first-order valence-corrected chi connectivity index (χ1v) is 7.90. The van der Waals surface area contributed by atoms with Crippen molar-refractivity contribution in [1.82, 2.24) is 4.31 Å². The number of carbonyl (C=O) groups excluding carboxylic acids is 1. The van der Waals surface area contributed by atoms with Crippen molar-refractivity contribution in [3.8, 4) is 0 Å². The van der Waals surface area contributed by atoms with Gasteiger partial charge in [0.25, 0.3) is 10.0 Å². The first kappa shape index (κ1) is 26.3. The molecule has 0 unspecified atom stereocenters. The van der Waals surface area contributed by atoms with E-state index in [0.29, 0.717) is 6.08 Å². The summed E-state index contributed by atoms with van der Waals surface area (Å²) in [5, 5.41) is -7.12.